The van der Waals surface area contributed by atoms with Crippen LogP contribution in [0.4, 0.5) is 0 Å². The maximum absolute atomic E-state index is 10.6. The van der Waals surface area contributed by atoms with Crippen molar-refractivity contribution >= 4 is 6.47 Å². The fourth-order valence-electron chi connectivity index (χ4n) is 4.70. The second kappa shape index (κ2) is 9.46. The molecule has 0 spiro atoms. The summed E-state index contributed by atoms with van der Waals surface area (Å²) in [7, 11) is 0. The van der Waals surface area contributed by atoms with Gasteiger partial charge in [-0.1, -0.05) is 38.3 Å². The standard InChI is InChI=1S/C26H40O2/c1-21-12-13-23(10-6-4-8-14-25(3)16-17-25)22(2)24(21)11-7-5-9-15-26(18-19-26)28-20-27/h12-13,20H,4-11,14-19H2,1-3H3. The van der Waals surface area contributed by atoms with E-state index in [1.165, 1.54) is 81.8 Å². The van der Waals surface area contributed by atoms with Crippen molar-refractivity contribution in [2.75, 3.05) is 0 Å². The van der Waals surface area contributed by atoms with Gasteiger partial charge >= 0.3 is 0 Å². The Morgan fingerprint density at radius 1 is 0.893 bits per heavy atom. The molecule has 0 heterocycles. The maximum Gasteiger partial charge on any atom is 0.293 e. The summed E-state index contributed by atoms with van der Waals surface area (Å²) in [6, 6.07) is 4.70. The lowest BCUT2D eigenvalue weighted by molar-refractivity contribution is -0.135. The summed E-state index contributed by atoms with van der Waals surface area (Å²) in [6.07, 6.45) is 17.7. The first-order valence-electron chi connectivity index (χ1n) is 11.7. The van der Waals surface area contributed by atoms with E-state index in [1.54, 1.807) is 11.1 Å². The van der Waals surface area contributed by atoms with Gasteiger partial charge < -0.3 is 4.74 Å². The number of benzene rings is 1. The quantitative estimate of drug-likeness (QED) is 0.254. The van der Waals surface area contributed by atoms with Crippen LogP contribution >= 0.6 is 0 Å². The van der Waals surface area contributed by atoms with Crippen LogP contribution in [0.2, 0.25) is 0 Å². The van der Waals surface area contributed by atoms with Crippen molar-refractivity contribution in [1.29, 1.82) is 0 Å². The first kappa shape index (κ1) is 21.4. The number of hydrogen-bond acceptors (Lipinski definition) is 2. The number of rotatable bonds is 14. The highest BCUT2D eigenvalue weighted by atomic mass is 16.5. The van der Waals surface area contributed by atoms with Gasteiger partial charge in [0.25, 0.3) is 6.47 Å². The summed E-state index contributed by atoms with van der Waals surface area (Å²) in [6.45, 7) is 7.68. The third-order valence-corrected chi connectivity index (χ3v) is 7.44. The minimum atomic E-state index is -0.0789. The van der Waals surface area contributed by atoms with E-state index in [1.807, 2.05) is 0 Å². The Morgan fingerprint density at radius 2 is 1.57 bits per heavy atom. The number of hydrogen-bond donors (Lipinski definition) is 0. The first-order valence-corrected chi connectivity index (χ1v) is 11.7. The average Bonchev–Trinajstić information content (AvgIpc) is 3.58. The van der Waals surface area contributed by atoms with Crippen LogP contribution in [0.25, 0.3) is 0 Å². The van der Waals surface area contributed by atoms with Gasteiger partial charge in [0.1, 0.15) is 5.60 Å². The molecule has 0 N–H and O–H groups in total. The summed E-state index contributed by atoms with van der Waals surface area (Å²) in [4.78, 5) is 10.6. The van der Waals surface area contributed by atoms with Crippen molar-refractivity contribution < 1.29 is 9.53 Å². The molecule has 28 heavy (non-hydrogen) atoms. The van der Waals surface area contributed by atoms with Crippen LogP contribution < -0.4 is 0 Å². The van der Waals surface area contributed by atoms with Crippen LogP contribution in [0.5, 0.6) is 0 Å². The molecule has 2 aliphatic rings. The molecule has 0 unspecified atom stereocenters. The second-order valence-corrected chi connectivity index (χ2v) is 9.97. The number of carbonyl (C=O) groups is 1. The van der Waals surface area contributed by atoms with Crippen molar-refractivity contribution in [2.45, 2.75) is 116 Å². The summed E-state index contributed by atoms with van der Waals surface area (Å²) in [5.74, 6) is 0. The van der Waals surface area contributed by atoms with Crippen molar-refractivity contribution in [2.24, 2.45) is 5.41 Å². The number of carbonyl (C=O) groups excluding carboxylic acids is 1. The van der Waals surface area contributed by atoms with Gasteiger partial charge in [-0.3, -0.25) is 4.79 Å². The molecule has 0 atom stereocenters. The van der Waals surface area contributed by atoms with E-state index in [0.29, 0.717) is 11.9 Å². The average molecular weight is 385 g/mol. The largest absolute Gasteiger partial charge is 0.461 e. The van der Waals surface area contributed by atoms with Gasteiger partial charge in [0.2, 0.25) is 0 Å². The third kappa shape index (κ3) is 6.09. The van der Waals surface area contributed by atoms with Crippen LogP contribution in [0, 0.1) is 19.3 Å². The van der Waals surface area contributed by atoms with E-state index in [-0.39, 0.29) is 5.60 Å². The van der Waals surface area contributed by atoms with Gasteiger partial charge in [-0.2, -0.15) is 0 Å². The van der Waals surface area contributed by atoms with Crippen molar-refractivity contribution in [1.82, 2.24) is 0 Å². The van der Waals surface area contributed by atoms with E-state index in [9.17, 15) is 4.79 Å². The number of ether oxygens (including phenoxy) is 1. The minimum absolute atomic E-state index is 0.0789. The molecule has 2 aliphatic carbocycles. The van der Waals surface area contributed by atoms with Crippen LogP contribution in [0.3, 0.4) is 0 Å². The monoisotopic (exact) mass is 384 g/mol. The topological polar surface area (TPSA) is 26.3 Å². The van der Waals surface area contributed by atoms with Gasteiger partial charge in [0.05, 0.1) is 0 Å². The number of aryl methyl sites for hydroxylation is 2. The summed E-state index contributed by atoms with van der Waals surface area (Å²) in [5.41, 5.74) is 6.77. The Bertz CT molecular complexity index is 653. The van der Waals surface area contributed by atoms with Crippen molar-refractivity contribution in [3.8, 4) is 0 Å². The lowest BCUT2D eigenvalue weighted by atomic mass is 9.91. The van der Waals surface area contributed by atoms with Crippen LogP contribution in [-0.2, 0) is 22.4 Å². The Kier molecular flexibility index (Phi) is 7.23. The van der Waals surface area contributed by atoms with Crippen molar-refractivity contribution in [3.63, 3.8) is 0 Å². The highest BCUT2D eigenvalue weighted by Crippen LogP contribution is 2.49. The van der Waals surface area contributed by atoms with Crippen LogP contribution in [0.1, 0.15) is 106 Å². The highest BCUT2D eigenvalue weighted by molar-refractivity contribution is 5.40. The molecule has 1 aromatic carbocycles. The molecule has 0 aliphatic heterocycles. The summed E-state index contributed by atoms with van der Waals surface area (Å²) >= 11 is 0. The van der Waals surface area contributed by atoms with Gasteiger partial charge in [-0.15, -0.1) is 0 Å². The molecule has 0 bridgehead atoms. The van der Waals surface area contributed by atoms with Crippen molar-refractivity contribution in [3.05, 3.63) is 34.4 Å². The molecule has 0 radical (unpaired) electrons. The normalized spacial score (nSPS) is 18.7. The molecule has 0 aromatic heterocycles. The van der Waals surface area contributed by atoms with E-state index >= 15 is 0 Å². The zero-order valence-corrected chi connectivity index (χ0v) is 18.4. The molecule has 156 valence electrons. The smallest absolute Gasteiger partial charge is 0.293 e. The zero-order chi connectivity index (χ0) is 20.0. The molecule has 0 saturated heterocycles. The lowest BCUT2D eigenvalue weighted by Gasteiger charge is -2.16. The predicted octanol–water partition coefficient (Wildman–Crippen LogP) is 7.01. The van der Waals surface area contributed by atoms with E-state index in [0.717, 1.165) is 19.3 Å². The van der Waals surface area contributed by atoms with Gasteiger partial charge in [-0.05, 0) is 112 Å². The van der Waals surface area contributed by atoms with E-state index in [2.05, 4.69) is 32.9 Å². The Labute approximate surface area is 172 Å². The van der Waals surface area contributed by atoms with Crippen LogP contribution in [0.15, 0.2) is 12.1 Å². The Hall–Kier alpha value is -1.31. The lowest BCUT2D eigenvalue weighted by Crippen LogP contribution is -2.12. The van der Waals surface area contributed by atoms with Crippen LogP contribution in [-0.4, -0.2) is 12.1 Å². The summed E-state index contributed by atoms with van der Waals surface area (Å²) in [5, 5.41) is 0. The first-order chi connectivity index (χ1) is 13.5. The molecule has 3 rings (SSSR count). The molecule has 0 amide bonds. The SMILES string of the molecule is Cc1ccc(CCCCCC2(C)CC2)c(C)c1CCCCCC1(OC=O)CC1. The number of unbranched alkanes of at least 4 members (excludes halogenated alkanes) is 4. The minimum Gasteiger partial charge on any atom is -0.461 e. The van der Waals surface area contributed by atoms with E-state index < -0.39 is 0 Å². The summed E-state index contributed by atoms with van der Waals surface area (Å²) < 4.78 is 5.26. The molecule has 2 saturated carbocycles. The van der Waals surface area contributed by atoms with Gasteiger partial charge in [0.15, 0.2) is 0 Å². The maximum atomic E-state index is 10.6. The Morgan fingerprint density at radius 3 is 2.21 bits per heavy atom. The molecule has 2 fully saturated rings. The Balaban J connectivity index is 1.38. The zero-order valence-electron chi connectivity index (χ0n) is 18.4. The van der Waals surface area contributed by atoms with Gasteiger partial charge in [0, 0.05) is 0 Å². The fraction of sp³-hybridized carbons (Fsp3) is 0.731. The molecule has 1 aromatic rings. The molecular weight excluding hydrogens is 344 g/mol. The molecule has 2 nitrogen and oxygen atoms in total. The van der Waals surface area contributed by atoms with Gasteiger partial charge in [-0.25, -0.2) is 0 Å². The highest BCUT2D eigenvalue weighted by Gasteiger charge is 2.44. The van der Waals surface area contributed by atoms with E-state index in [4.69, 9.17) is 4.74 Å². The molecular formula is C26H40O2. The fourth-order valence-corrected chi connectivity index (χ4v) is 4.70. The second-order valence-electron chi connectivity index (χ2n) is 9.97. The predicted molar refractivity (Wildman–Crippen MR) is 117 cm³/mol. The molecule has 2 heteroatoms. The third-order valence-electron chi connectivity index (χ3n) is 7.44.